The minimum Gasteiger partial charge on any atom is -0.496 e. The van der Waals surface area contributed by atoms with Gasteiger partial charge in [-0.3, -0.25) is 4.79 Å². The molecule has 2 aromatic carbocycles. The van der Waals surface area contributed by atoms with Crippen molar-refractivity contribution in [1.82, 2.24) is 0 Å². The Balaban J connectivity index is 1.84. The molecule has 3 rings (SSSR count). The summed E-state index contributed by atoms with van der Waals surface area (Å²) in [5.74, 6) is 1.43. The zero-order valence-corrected chi connectivity index (χ0v) is 19.7. The maximum absolute atomic E-state index is 13.4. The Labute approximate surface area is 200 Å². The third-order valence-corrected chi connectivity index (χ3v) is 5.86. The van der Waals surface area contributed by atoms with E-state index in [2.05, 4.69) is 25.7 Å². The van der Waals surface area contributed by atoms with Crippen LogP contribution in [0.4, 0.5) is 0 Å². The first-order chi connectivity index (χ1) is 16.2. The molecule has 0 amide bonds. The topological polar surface area (TPSA) is 105 Å². The average molecular weight is 466 g/mol. The van der Waals surface area contributed by atoms with Gasteiger partial charge in [0.05, 0.1) is 0 Å². The Morgan fingerprint density at radius 3 is 1.76 bits per heavy atom. The van der Waals surface area contributed by atoms with Crippen LogP contribution in [0, 0.1) is 11.3 Å². The van der Waals surface area contributed by atoms with Gasteiger partial charge in [-0.25, -0.2) is 5.26 Å². The second kappa shape index (κ2) is 11.5. The molecule has 3 N–H and O–H groups in total. The molecule has 1 unspecified atom stereocenters. The highest BCUT2D eigenvalue weighted by Gasteiger charge is 2.34. The van der Waals surface area contributed by atoms with E-state index in [4.69, 9.17) is 24.8 Å². The van der Waals surface area contributed by atoms with Crippen molar-refractivity contribution in [3.63, 3.8) is 0 Å². The summed E-state index contributed by atoms with van der Waals surface area (Å²) in [6, 6.07) is 14.4. The molecule has 0 radical (unpaired) electrons. The molecule has 1 aliphatic rings. The summed E-state index contributed by atoms with van der Waals surface area (Å²) in [4.78, 5) is 17.3. The molecule has 1 saturated carbocycles. The zero-order valence-electron chi connectivity index (χ0n) is 19.7. The molecule has 0 aliphatic heterocycles. The van der Waals surface area contributed by atoms with Crippen molar-refractivity contribution >= 4 is 25.1 Å². The molecular formula is C26H31BO7. The monoisotopic (exact) mass is 466 g/mol. The number of hydrogen-bond donors (Lipinski definition) is 3. The van der Waals surface area contributed by atoms with Crippen molar-refractivity contribution < 1.29 is 34.5 Å². The molecule has 2 aromatic rings. The van der Waals surface area contributed by atoms with Crippen molar-refractivity contribution in [3.8, 4) is 11.5 Å². The number of ketones is 1. The van der Waals surface area contributed by atoms with Crippen molar-refractivity contribution in [2.75, 3.05) is 13.3 Å². The first-order valence-corrected chi connectivity index (χ1v) is 11.2. The number of hydrogen-bond acceptors (Lipinski definition) is 7. The molecule has 1 fully saturated rings. The highest BCUT2D eigenvalue weighted by molar-refractivity contribution is 6.40. The van der Waals surface area contributed by atoms with E-state index >= 15 is 0 Å². The SMILES string of the molecule is CC(C)(C)C1C/C(=C\c2ccc(OCOO)cc2)C(=O)/C(=C/c2ccc(OCB(O)O)cc2)C1. The Morgan fingerprint density at radius 2 is 1.35 bits per heavy atom. The van der Waals surface area contributed by atoms with Crippen LogP contribution >= 0.6 is 0 Å². The summed E-state index contributed by atoms with van der Waals surface area (Å²) in [7, 11) is -1.53. The van der Waals surface area contributed by atoms with Gasteiger partial charge in [-0.15, -0.1) is 0 Å². The first-order valence-electron chi connectivity index (χ1n) is 11.2. The van der Waals surface area contributed by atoms with Gasteiger partial charge in [0.1, 0.15) is 18.0 Å². The number of Topliss-reactive ketones (excluding diaryl/α,β-unsaturated/α-hetero) is 1. The lowest BCUT2D eigenvalue weighted by Crippen LogP contribution is -2.29. The summed E-state index contributed by atoms with van der Waals surface area (Å²) in [5, 5.41) is 26.3. The molecule has 8 heteroatoms. The lowest BCUT2D eigenvalue weighted by Gasteiger charge is -2.35. The van der Waals surface area contributed by atoms with E-state index in [-0.39, 0.29) is 24.5 Å². The van der Waals surface area contributed by atoms with Crippen molar-refractivity contribution in [1.29, 1.82) is 0 Å². The Hall–Kier alpha value is -2.91. The fraction of sp³-hybridized carbons (Fsp3) is 0.346. The number of allylic oxidation sites excluding steroid dienone is 2. The highest BCUT2D eigenvalue weighted by atomic mass is 17.1. The molecule has 7 nitrogen and oxygen atoms in total. The van der Waals surface area contributed by atoms with Gasteiger partial charge in [0, 0.05) is 11.1 Å². The fourth-order valence-electron chi connectivity index (χ4n) is 3.84. The van der Waals surface area contributed by atoms with E-state index in [0.717, 1.165) is 22.3 Å². The minimum absolute atomic E-state index is 0.0314. The third-order valence-electron chi connectivity index (χ3n) is 5.86. The van der Waals surface area contributed by atoms with Crippen LogP contribution in [0.5, 0.6) is 11.5 Å². The van der Waals surface area contributed by atoms with Crippen LogP contribution in [0.15, 0.2) is 59.7 Å². The van der Waals surface area contributed by atoms with Gasteiger partial charge in [-0.05, 0) is 71.7 Å². The normalized spacial score (nSPS) is 18.9. The molecule has 0 heterocycles. The fourth-order valence-corrected chi connectivity index (χ4v) is 3.84. The number of carbonyl (C=O) groups is 1. The first kappa shape index (κ1) is 25.7. The van der Waals surface area contributed by atoms with Crippen LogP contribution in [-0.2, 0) is 9.68 Å². The van der Waals surface area contributed by atoms with Crippen LogP contribution in [0.1, 0.15) is 44.7 Å². The second-order valence-corrected chi connectivity index (χ2v) is 9.46. The number of rotatable bonds is 8. The molecule has 34 heavy (non-hydrogen) atoms. The molecule has 0 aromatic heterocycles. The molecular weight excluding hydrogens is 435 g/mol. The lowest BCUT2D eigenvalue weighted by molar-refractivity contribution is -0.278. The second-order valence-electron chi connectivity index (χ2n) is 9.46. The summed E-state index contributed by atoms with van der Waals surface area (Å²) in [6.45, 7) is 6.12. The minimum atomic E-state index is -1.53. The number of benzene rings is 2. The van der Waals surface area contributed by atoms with E-state index in [1.807, 2.05) is 36.4 Å². The van der Waals surface area contributed by atoms with Gasteiger partial charge >= 0.3 is 7.12 Å². The maximum Gasteiger partial charge on any atom is 0.491 e. The zero-order chi connectivity index (χ0) is 24.7. The van der Waals surface area contributed by atoms with Gasteiger partial charge in [-0.2, -0.15) is 4.89 Å². The standard InChI is InChI=1S/C26H31BO7/c1-26(2,3)22-14-20(12-18-4-8-23(9-5-18)32-16-27(29)30)25(28)21(15-22)13-19-6-10-24(11-7-19)33-17-34-31/h4-13,22,29-31H,14-17H2,1-3H3/b20-12+,21-13+. The van der Waals surface area contributed by atoms with E-state index in [1.165, 1.54) is 0 Å². The van der Waals surface area contributed by atoms with E-state index in [1.54, 1.807) is 24.3 Å². The highest BCUT2D eigenvalue weighted by Crippen LogP contribution is 2.42. The maximum atomic E-state index is 13.4. The van der Waals surface area contributed by atoms with Crippen LogP contribution < -0.4 is 9.47 Å². The summed E-state index contributed by atoms with van der Waals surface area (Å²) in [6.07, 6.45) is 5.25. The Bertz CT molecular complexity index is 1020. The predicted octanol–water partition coefficient (Wildman–Crippen LogP) is 4.40. The van der Waals surface area contributed by atoms with E-state index < -0.39 is 7.12 Å². The Kier molecular flexibility index (Phi) is 8.69. The third kappa shape index (κ3) is 7.30. The average Bonchev–Trinajstić information content (AvgIpc) is 2.80. The van der Waals surface area contributed by atoms with Crippen molar-refractivity contribution in [2.45, 2.75) is 33.6 Å². The predicted molar refractivity (Wildman–Crippen MR) is 131 cm³/mol. The molecule has 180 valence electrons. The van der Waals surface area contributed by atoms with Gasteiger partial charge < -0.3 is 19.5 Å². The molecule has 1 atom stereocenters. The van der Waals surface area contributed by atoms with Crippen molar-refractivity contribution in [2.24, 2.45) is 11.3 Å². The molecule has 0 saturated heterocycles. The number of ether oxygens (including phenoxy) is 2. The van der Waals surface area contributed by atoms with E-state index in [0.29, 0.717) is 30.3 Å². The molecule has 1 aliphatic carbocycles. The number of carbonyl (C=O) groups excluding carboxylic acids is 1. The van der Waals surface area contributed by atoms with Crippen LogP contribution in [-0.4, -0.2) is 41.5 Å². The Morgan fingerprint density at radius 1 is 0.882 bits per heavy atom. The van der Waals surface area contributed by atoms with Crippen LogP contribution in [0.2, 0.25) is 0 Å². The quantitative estimate of drug-likeness (QED) is 0.174. The smallest absolute Gasteiger partial charge is 0.491 e. The van der Waals surface area contributed by atoms with E-state index in [9.17, 15) is 4.79 Å². The lowest BCUT2D eigenvalue weighted by atomic mass is 9.68. The molecule has 0 bridgehead atoms. The molecule has 0 spiro atoms. The van der Waals surface area contributed by atoms with Gasteiger partial charge in [0.25, 0.3) is 0 Å². The summed E-state index contributed by atoms with van der Waals surface area (Å²) >= 11 is 0. The van der Waals surface area contributed by atoms with Crippen molar-refractivity contribution in [3.05, 3.63) is 70.8 Å². The van der Waals surface area contributed by atoms with Gasteiger partial charge in [-0.1, -0.05) is 45.0 Å². The summed E-state index contributed by atoms with van der Waals surface area (Å²) in [5.41, 5.74) is 3.33. The van der Waals surface area contributed by atoms with Gasteiger partial charge in [0.15, 0.2) is 5.78 Å². The largest absolute Gasteiger partial charge is 0.496 e. The van der Waals surface area contributed by atoms with Crippen LogP contribution in [0.25, 0.3) is 12.2 Å². The van der Waals surface area contributed by atoms with Gasteiger partial charge in [0.2, 0.25) is 6.79 Å². The van der Waals surface area contributed by atoms with Crippen LogP contribution in [0.3, 0.4) is 0 Å². The summed E-state index contributed by atoms with van der Waals surface area (Å²) < 4.78 is 10.5.